The number of carboxylic acids is 1. The van der Waals surface area contributed by atoms with E-state index < -0.39 is 5.97 Å². The highest BCUT2D eigenvalue weighted by Gasteiger charge is 2.19. The Bertz CT molecular complexity index is 1080. The van der Waals surface area contributed by atoms with Crippen LogP contribution in [0.3, 0.4) is 0 Å². The lowest BCUT2D eigenvalue weighted by atomic mass is 9.92. The molecule has 5 heteroatoms. The number of hydrogen-bond acceptors (Lipinski definition) is 4. The topological polar surface area (TPSA) is 59.0 Å². The summed E-state index contributed by atoms with van der Waals surface area (Å²) in [5.74, 6) is 0.797. The Balaban J connectivity index is 1.78. The van der Waals surface area contributed by atoms with E-state index in [-0.39, 0.29) is 6.42 Å². The zero-order valence-electron chi connectivity index (χ0n) is 18.9. The molecule has 0 radical (unpaired) electrons. The molecule has 1 heterocycles. The van der Waals surface area contributed by atoms with E-state index in [2.05, 4.69) is 35.2 Å². The van der Waals surface area contributed by atoms with Gasteiger partial charge in [0.15, 0.2) is 0 Å². The van der Waals surface area contributed by atoms with Crippen molar-refractivity contribution in [2.24, 2.45) is 0 Å². The van der Waals surface area contributed by atoms with E-state index in [1.165, 1.54) is 24.8 Å². The van der Waals surface area contributed by atoms with Gasteiger partial charge < -0.3 is 14.6 Å². The van der Waals surface area contributed by atoms with Crippen LogP contribution in [0.5, 0.6) is 11.5 Å². The maximum absolute atomic E-state index is 11.1. The molecule has 0 aliphatic carbocycles. The van der Waals surface area contributed by atoms with Gasteiger partial charge in [-0.3, -0.25) is 9.69 Å². The first-order chi connectivity index (χ1) is 15.6. The van der Waals surface area contributed by atoms with Gasteiger partial charge in [-0.25, -0.2) is 0 Å². The molecular weight excluding hydrogens is 402 g/mol. The number of methoxy groups -OCH3 is 2. The van der Waals surface area contributed by atoms with Crippen molar-refractivity contribution in [1.29, 1.82) is 0 Å². The van der Waals surface area contributed by atoms with Crippen molar-refractivity contribution in [3.63, 3.8) is 0 Å². The number of carbonyl (C=O) groups is 1. The Morgan fingerprint density at radius 2 is 1.59 bits per heavy atom. The zero-order chi connectivity index (χ0) is 22.5. The lowest BCUT2D eigenvalue weighted by molar-refractivity contribution is -0.136. The lowest BCUT2D eigenvalue weighted by Gasteiger charge is -2.27. The van der Waals surface area contributed by atoms with Crippen LogP contribution in [0, 0.1) is 0 Å². The second-order valence-corrected chi connectivity index (χ2v) is 8.42. The first kappa shape index (κ1) is 22.2. The number of piperidine rings is 1. The normalized spacial score (nSPS) is 14.4. The van der Waals surface area contributed by atoms with Gasteiger partial charge in [-0.15, -0.1) is 0 Å². The van der Waals surface area contributed by atoms with E-state index in [9.17, 15) is 4.79 Å². The summed E-state index contributed by atoms with van der Waals surface area (Å²) in [5.41, 5.74) is 4.18. The molecule has 3 aromatic rings. The fourth-order valence-corrected chi connectivity index (χ4v) is 4.75. The fraction of sp³-hybridized carbons (Fsp3) is 0.370. The number of nitrogens with zero attached hydrogens (tertiary/aromatic N) is 1. The number of benzene rings is 3. The van der Waals surface area contributed by atoms with Crippen LogP contribution in [0.1, 0.15) is 36.8 Å². The van der Waals surface area contributed by atoms with Crippen LogP contribution in [-0.2, 0) is 17.8 Å². The van der Waals surface area contributed by atoms with E-state index in [0.29, 0.717) is 6.42 Å². The average molecular weight is 434 g/mol. The van der Waals surface area contributed by atoms with Crippen molar-refractivity contribution in [2.75, 3.05) is 27.3 Å². The minimum Gasteiger partial charge on any atom is -0.496 e. The van der Waals surface area contributed by atoms with E-state index in [0.717, 1.165) is 58.6 Å². The first-order valence-electron chi connectivity index (χ1n) is 11.3. The number of rotatable bonds is 8. The Kier molecular flexibility index (Phi) is 6.96. The van der Waals surface area contributed by atoms with Gasteiger partial charge in [0.2, 0.25) is 0 Å². The molecule has 1 aliphatic heterocycles. The van der Waals surface area contributed by atoms with E-state index in [4.69, 9.17) is 14.6 Å². The molecule has 1 saturated heterocycles. The molecule has 1 aliphatic rings. The molecule has 0 spiro atoms. The fourth-order valence-electron chi connectivity index (χ4n) is 4.75. The maximum Gasteiger partial charge on any atom is 0.303 e. The largest absolute Gasteiger partial charge is 0.496 e. The van der Waals surface area contributed by atoms with Crippen molar-refractivity contribution in [1.82, 2.24) is 4.90 Å². The molecular formula is C27H31NO4. The van der Waals surface area contributed by atoms with Gasteiger partial charge in [0.05, 0.1) is 19.8 Å². The SMILES string of the molecule is COc1cc(CN2CCCCC2)cc(OC)c1-c1cccc2c(CCC(=O)O)cccc12. The highest BCUT2D eigenvalue weighted by atomic mass is 16.5. The van der Waals surface area contributed by atoms with Gasteiger partial charge in [0, 0.05) is 13.0 Å². The standard InChI is InChI=1S/C27H31NO4/c1-31-24-16-19(18-28-14-4-3-5-15-28)17-25(32-2)27(24)23-11-7-9-21-20(12-13-26(29)30)8-6-10-22(21)23/h6-11,16-17H,3-5,12-15,18H2,1-2H3,(H,29,30). The number of aryl methyl sites for hydroxylation is 1. The molecule has 1 fully saturated rings. The first-order valence-corrected chi connectivity index (χ1v) is 11.3. The van der Waals surface area contributed by atoms with E-state index in [1.54, 1.807) is 14.2 Å². The summed E-state index contributed by atoms with van der Waals surface area (Å²) in [5, 5.41) is 11.3. The molecule has 32 heavy (non-hydrogen) atoms. The van der Waals surface area contributed by atoms with Crippen LogP contribution < -0.4 is 9.47 Å². The van der Waals surface area contributed by atoms with Crippen LogP contribution in [0.15, 0.2) is 48.5 Å². The highest BCUT2D eigenvalue weighted by molar-refractivity contribution is 6.01. The van der Waals surface area contributed by atoms with Crippen LogP contribution in [0.4, 0.5) is 0 Å². The van der Waals surface area contributed by atoms with Gasteiger partial charge in [-0.1, -0.05) is 42.8 Å². The monoisotopic (exact) mass is 433 g/mol. The molecule has 0 unspecified atom stereocenters. The third-order valence-electron chi connectivity index (χ3n) is 6.31. The Morgan fingerprint density at radius 1 is 0.938 bits per heavy atom. The van der Waals surface area contributed by atoms with Crippen molar-refractivity contribution in [3.05, 3.63) is 59.7 Å². The summed E-state index contributed by atoms with van der Waals surface area (Å²) in [4.78, 5) is 13.6. The predicted molar refractivity (Wildman–Crippen MR) is 128 cm³/mol. The second kappa shape index (κ2) is 10.0. The Morgan fingerprint density at radius 3 is 2.25 bits per heavy atom. The summed E-state index contributed by atoms with van der Waals surface area (Å²) in [7, 11) is 3.40. The molecule has 3 aromatic carbocycles. The smallest absolute Gasteiger partial charge is 0.303 e. The van der Waals surface area contributed by atoms with Crippen molar-refractivity contribution >= 4 is 16.7 Å². The van der Waals surface area contributed by atoms with Gasteiger partial charge in [0.25, 0.3) is 0 Å². The summed E-state index contributed by atoms with van der Waals surface area (Å²) in [6, 6.07) is 16.5. The van der Waals surface area contributed by atoms with E-state index >= 15 is 0 Å². The van der Waals surface area contributed by atoms with Crippen LogP contribution >= 0.6 is 0 Å². The number of carboxylic acid groups (broad SMARTS) is 1. The van der Waals surface area contributed by atoms with Gasteiger partial charge in [0.1, 0.15) is 11.5 Å². The molecule has 0 atom stereocenters. The maximum atomic E-state index is 11.1. The summed E-state index contributed by atoms with van der Waals surface area (Å²) >= 11 is 0. The van der Waals surface area contributed by atoms with Crippen LogP contribution in [-0.4, -0.2) is 43.3 Å². The number of ether oxygens (including phenoxy) is 2. The van der Waals surface area contributed by atoms with Crippen molar-refractivity contribution in [2.45, 2.75) is 38.6 Å². The lowest BCUT2D eigenvalue weighted by Crippen LogP contribution is -2.29. The van der Waals surface area contributed by atoms with Gasteiger partial charge >= 0.3 is 5.97 Å². The average Bonchev–Trinajstić information content (AvgIpc) is 2.82. The minimum absolute atomic E-state index is 0.112. The van der Waals surface area contributed by atoms with Crippen molar-refractivity contribution < 1.29 is 19.4 Å². The summed E-state index contributed by atoms with van der Waals surface area (Å²) in [6.45, 7) is 3.16. The molecule has 4 rings (SSSR count). The number of likely N-dealkylation sites (tertiary alicyclic amines) is 1. The zero-order valence-corrected chi connectivity index (χ0v) is 18.9. The quantitative estimate of drug-likeness (QED) is 0.506. The molecule has 0 aromatic heterocycles. The van der Waals surface area contributed by atoms with Crippen molar-refractivity contribution in [3.8, 4) is 22.6 Å². The number of hydrogen-bond donors (Lipinski definition) is 1. The molecule has 5 nitrogen and oxygen atoms in total. The second-order valence-electron chi connectivity index (χ2n) is 8.42. The third-order valence-corrected chi connectivity index (χ3v) is 6.31. The number of aliphatic carboxylic acids is 1. The number of fused-ring (bicyclic) bond motifs is 1. The summed E-state index contributed by atoms with van der Waals surface area (Å²) < 4.78 is 11.7. The Labute approximate surface area is 189 Å². The van der Waals surface area contributed by atoms with Crippen LogP contribution in [0.25, 0.3) is 21.9 Å². The minimum atomic E-state index is -0.786. The molecule has 168 valence electrons. The predicted octanol–water partition coefficient (Wildman–Crippen LogP) is 5.53. The van der Waals surface area contributed by atoms with Crippen LogP contribution in [0.2, 0.25) is 0 Å². The highest BCUT2D eigenvalue weighted by Crippen LogP contribution is 2.43. The molecule has 1 N–H and O–H groups in total. The Hall–Kier alpha value is -3.05. The van der Waals surface area contributed by atoms with Gasteiger partial charge in [-0.05, 0) is 71.9 Å². The molecule has 0 bridgehead atoms. The third kappa shape index (κ3) is 4.73. The molecule has 0 amide bonds. The summed E-state index contributed by atoms with van der Waals surface area (Å²) in [6.07, 6.45) is 4.44. The van der Waals surface area contributed by atoms with Gasteiger partial charge in [-0.2, -0.15) is 0 Å². The molecule has 0 saturated carbocycles. The van der Waals surface area contributed by atoms with E-state index in [1.807, 2.05) is 18.2 Å².